The Morgan fingerprint density at radius 3 is 2.12 bits per heavy atom. The lowest BCUT2D eigenvalue weighted by Gasteiger charge is -2.13. The van der Waals surface area contributed by atoms with Crippen LogP contribution in [0.15, 0.2) is 42.5 Å². The molecule has 4 nitrogen and oxygen atoms in total. The second-order valence-corrected chi connectivity index (χ2v) is 5.75. The van der Waals surface area contributed by atoms with E-state index in [-0.39, 0.29) is 11.8 Å². The molecule has 0 saturated heterocycles. The number of para-hydroxylation sites is 1. The van der Waals surface area contributed by atoms with Gasteiger partial charge in [0.05, 0.1) is 0 Å². The minimum absolute atomic E-state index is 0.115. The molecule has 0 saturated carbocycles. The van der Waals surface area contributed by atoms with Gasteiger partial charge in [-0.25, -0.2) is 0 Å². The van der Waals surface area contributed by atoms with E-state index in [2.05, 4.69) is 17.6 Å². The Labute approximate surface area is 143 Å². The molecule has 0 aliphatic rings. The van der Waals surface area contributed by atoms with E-state index in [0.717, 1.165) is 29.7 Å². The van der Waals surface area contributed by atoms with Gasteiger partial charge in [0.2, 0.25) is 0 Å². The number of rotatable bonds is 6. The molecule has 0 aromatic heterocycles. The molecule has 24 heavy (non-hydrogen) atoms. The summed E-state index contributed by atoms with van der Waals surface area (Å²) in [7, 11) is 0. The average molecular weight is 324 g/mol. The largest absolute Gasteiger partial charge is 0.352 e. The quantitative estimate of drug-likeness (QED) is 0.845. The second kappa shape index (κ2) is 8.29. The van der Waals surface area contributed by atoms with Gasteiger partial charge in [0.25, 0.3) is 11.8 Å². The van der Waals surface area contributed by atoms with Gasteiger partial charge < -0.3 is 10.6 Å². The van der Waals surface area contributed by atoms with E-state index < -0.39 is 0 Å². The van der Waals surface area contributed by atoms with Gasteiger partial charge in [-0.15, -0.1) is 0 Å². The Morgan fingerprint density at radius 2 is 1.54 bits per heavy atom. The van der Waals surface area contributed by atoms with E-state index in [4.69, 9.17) is 0 Å². The van der Waals surface area contributed by atoms with Crippen molar-refractivity contribution in [2.24, 2.45) is 0 Å². The highest BCUT2D eigenvalue weighted by Crippen LogP contribution is 2.22. The first-order valence-electron chi connectivity index (χ1n) is 8.34. The maximum absolute atomic E-state index is 12.5. The summed E-state index contributed by atoms with van der Waals surface area (Å²) in [6, 6.07) is 12.7. The number of carbonyl (C=O) groups is 2. The highest BCUT2D eigenvalue weighted by atomic mass is 16.2. The number of nitrogens with one attached hydrogen (secondary N) is 2. The zero-order chi connectivity index (χ0) is 17.5. The Morgan fingerprint density at radius 1 is 0.917 bits per heavy atom. The molecule has 0 atom stereocenters. The van der Waals surface area contributed by atoms with Crippen LogP contribution in [0.1, 0.15) is 52.1 Å². The van der Waals surface area contributed by atoms with Gasteiger partial charge in [0, 0.05) is 23.4 Å². The normalized spacial score (nSPS) is 10.3. The van der Waals surface area contributed by atoms with Crippen LogP contribution in [0.2, 0.25) is 0 Å². The summed E-state index contributed by atoms with van der Waals surface area (Å²) in [4.78, 5) is 24.4. The number of anilines is 1. The monoisotopic (exact) mass is 324 g/mol. The third-order valence-corrected chi connectivity index (χ3v) is 3.92. The molecule has 0 radical (unpaired) electrons. The van der Waals surface area contributed by atoms with Crippen molar-refractivity contribution < 1.29 is 9.59 Å². The second-order valence-electron chi connectivity index (χ2n) is 5.75. The third kappa shape index (κ3) is 4.22. The number of hydrogen-bond acceptors (Lipinski definition) is 2. The fourth-order valence-corrected chi connectivity index (χ4v) is 2.50. The van der Waals surface area contributed by atoms with Gasteiger partial charge in [0.15, 0.2) is 0 Å². The van der Waals surface area contributed by atoms with Crippen molar-refractivity contribution >= 4 is 17.5 Å². The molecule has 4 heteroatoms. The topological polar surface area (TPSA) is 58.2 Å². The molecule has 0 unspecified atom stereocenters. The van der Waals surface area contributed by atoms with Crippen molar-refractivity contribution in [1.29, 1.82) is 0 Å². The summed E-state index contributed by atoms with van der Waals surface area (Å²) in [5.41, 5.74) is 4.12. The molecular weight excluding hydrogens is 300 g/mol. The molecule has 2 N–H and O–H groups in total. The molecule has 126 valence electrons. The van der Waals surface area contributed by atoms with Crippen molar-refractivity contribution in [3.8, 4) is 0 Å². The van der Waals surface area contributed by atoms with Crippen LogP contribution in [0.5, 0.6) is 0 Å². The lowest BCUT2D eigenvalue weighted by atomic mass is 10.0. The van der Waals surface area contributed by atoms with E-state index in [1.54, 1.807) is 24.3 Å². The van der Waals surface area contributed by atoms with Crippen LogP contribution in [-0.4, -0.2) is 18.4 Å². The molecule has 0 aliphatic heterocycles. The lowest BCUT2D eigenvalue weighted by molar-refractivity contribution is 0.0951. The summed E-state index contributed by atoms with van der Waals surface area (Å²) >= 11 is 0. The number of aryl methyl sites for hydroxylation is 2. The molecule has 2 aromatic rings. The first kappa shape index (κ1) is 17.7. The van der Waals surface area contributed by atoms with Crippen molar-refractivity contribution in [2.75, 3.05) is 11.9 Å². The van der Waals surface area contributed by atoms with E-state index in [1.165, 1.54) is 0 Å². The first-order valence-corrected chi connectivity index (χ1v) is 8.34. The minimum atomic E-state index is -0.167. The standard InChI is InChI=1S/C20H24N2O2/c1-4-13-21-19(23)16-9-11-17(12-10-16)20(24)22-18-14(3)7-6-8-15(18)5-2/h6-12H,4-5,13H2,1-3H3,(H,21,23)(H,22,24). The molecular formula is C20H24N2O2. The SMILES string of the molecule is CCCNC(=O)c1ccc(C(=O)Nc2c(C)cccc2CC)cc1. The van der Waals surface area contributed by atoms with Crippen molar-refractivity contribution in [2.45, 2.75) is 33.6 Å². The summed E-state index contributed by atoms with van der Waals surface area (Å²) in [6.07, 6.45) is 1.75. The third-order valence-electron chi connectivity index (χ3n) is 3.92. The van der Waals surface area contributed by atoms with Crippen LogP contribution in [0.3, 0.4) is 0 Å². The average Bonchev–Trinajstić information content (AvgIpc) is 2.61. The van der Waals surface area contributed by atoms with Crippen LogP contribution < -0.4 is 10.6 Å². The van der Waals surface area contributed by atoms with Crippen molar-refractivity contribution in [3.05, 3.63) is 64.7 Å². The minimum Gasteiger partial charge on any atom is -0.352 e. The van der Waals surface area contributed by atoms with Gasteiger partial charge in [0.1, 0.15) is 0 Å². The molecule has 2 aromatic carbocycles. The molecule has 2 rings (SSSR count). The van der Waals surface area contributed by atoms with Gasteiger partial charge >= 0.3 is 0 Å². The predicted molar refractivity (Wildman–Crippen MR) is 97.6 cm³/mol. The maximum atomic E-state index is 12.5. The fraction of sp³-hybridized carbons (Fsp3) is 0.300. The van der Waals surface area contributed by atoms with E-state index in [0.29, 0.717) is 17.7 Å². The van der Waals surface area contributed by atoms with E-state index in [9.17, 15) is 9.59 Å². The summed E-state index contributed by atoms with van der Waals surface area (Å²) in [5, 5.41) is 5.81. The van der Waals surface area contributed by atoms with Crippen LogP contribution >= 0.6 is 0 Å². The lowest BCUT2D eigenvalue weighted by Crippen LogP contribution is -2.24. The number of amides is 2. The van der Waals surface area contributed by atoms with Gasteiger partial charge in [-0.2, -0.15) is 0 Å². The van der Waals surface area contributed by atoms with Gasteiger partial charge in [-0.1, -0.05) is 32.0 Å². The molecule has 0 fully saturated rings. The van der Waals surface area contributed by atoms with E-state index >= 15 is 0 Å². The highest BCUT2D eigenvalue weighted by Gasteiger charge is 2.12. The van der Waals surface area contributed by atoms with Crippen LogP contribution in [0.4, 0.5) is 5.69 Å². The zero-order valence-electron chi connectivity index (χ0n) is 14.5. The molecule has 0 spiro atoms. The number of carbonyl (C=O) groups excluding carboxylic acids is 2. The fourth-order valence-electron chi connectivity index (χ4n) is 2.50. The summed E-state index contributed by atoms with van der Waals surface area (Å²) < 4.78 is 0. The van der Waals surface area contributed by atoms with Crippen LogP contribution in [-0.2, 0) is 6.42 Å². The van der Waals surface area contributed by atoms with Crippen molar-refractivity contribution in [1.82, 2.24) is 5.32 Å². The molecule has 0 bridgehead atoms. The first-order chi connectivity index (χ1) is 11.6. The number of benzene rings is 2. The summed E-state index contributed by atoms with van der Waals surface area (Å²) in [6.45, 7) is 6.70. The maximum Gasteiger partial charge on any atom is 0.255 e. The summed E-state index contributed by atoms with van der Waals surface area (Å²) in [5.74, 6) is -0.282. The van der Waals surface area contributed by atoms with Crippen LogP contribution in [0, 0.1) is 6.92 Å². The Kier molecular flexibility index (Phi) is 6.13. The van der Waals surface area contributed by atoms with Gasteiger partial charge in [-0.05, 0) is 55.2 Å². The smallest absolute Gasteiger partial charge is 0.255 e. The molecule has 2 amide bonds. The zero-order valence-corrected chi connectivity index (χ0v) is 14.5. The van der Waals surface area contributed by atoms with Gasteiger partial charge in [-0.3, -0.25) is 9.59 Å². The number of hydrogen-bond donors (Lipinski definition) is 2. The molecule has 0 aliphatic carbocycles. The van der Waals surface area contributed by atoms with E-state index in [1.807, 2.05) is 32.0 Å². The van der Waals surface area contributed by atoms with Crippen LogP contribution in [0.25, 0.3) is 0 Å². The highest BCUT2D eigenvalue weighted by molar-refractivity contribution is 6.05. The predicted octanol–water partition coefficient (Wildman–Crippen LogP) is 3.95. The van der Waals surface area contributed by atoms with Crippen molar-refractivity contribution in [3.63, 3.8) is 0 Å². The Hall–Kier alpha value is -2.62. The Balaban J connectivity index is 2.12. The Bertz CT molecular complexity index is 721. The molecule has 0 heterocycles.